The Morgan fingerprint density at radius 1 is 1.06 bits per heavy atom. The Labute approximate surface area is 211 Å². The lowest BCUT2D eigenvalue weighted by molar-refractivity contribution is -0.122. The van der Waals surface area contributed by atoms with Gasteiger partial charge in [-0.2, -0.15) is 4.98 Å². The van der Waals surface area contributed by atoms with E-state index < -0.39 is 6.04 Å². The Morgan fingerprint density at radius 2 is 1.78 bits per heavy atom. The average Bonchev–Trinajstić information content (AvgIpc) is 2.90. The molecule has 2 aliphatic heterocycles. The second-order valence-electron chi connectivity index (χ2n) is 9.10. The van der Waals surface area contributed by atoms with Gasteiger partial charge in [0.25, 0.3) is 5.91 Å². The lowest BCUT2D eigenvalue weighted by Crippen LogP contribution is -2.41. The molecule has 11 heteroatoms. The van der Waals surface area contributed by atoms with Crippen LogP contribution in [0.25, 0.3) is 0 Å². The molecule has 1 unspecified atom stereocenters. The fraction of sp³-hybridized carbons (Fsp3) is 0.520. The molecule has 1 saturated heterocycles. The van der Waals surface area contributed by atoms with Crippen molar-refractivity contribution in [3.8, 4) is 0 Å². The smallest absolute Gasteiger partial charge is 0.260 e. The van der Waals surface area contributed by atoms with Gasteiger partial charge in [0.1, 0.15) is 11.4 Å². The minimum Gasteiger partial charge on any atom is -0.379 e. The summed E-state index contributed by atoms with van der Waals surface area (Å²) in [6.07, 6.45) is 4.39. The first kappa shape index (κ1) is 25.8. The number of aromatic nitrogens is 2. The molecule has 1 atom stereocenters. The van der Waals surface area contributed by atoms with Crippen LogP contribution in [0.2, 0.25) is 0 Å². The van der Waals surface area contributed by atoms with Crippen LogP contribution in [0.5, 0.6) is 0 Å². The van der Waals surface area contributed by atoms with Gasteiger partial charge in [0.05, 0.1) is 19.3 Å². The molecule has 2 amide bonds. The second-order valence-corrected chi connectivity index (χ2v) is 9.10. The van der Waals surface area contributed by atoms with Crippen molar-refractivity contribution < 1.29 is 14.3 Å². The summed E-state index contributed by atoms with van der Waals surface area (Å²) in [5.74, 6) is 0.479. The number of fused-ring (bicyclic) bond motifs is 2. The van der Waals surface area contributed by atoms with E-state index in [0.717, 1.165) is 45.7 Å². The predicted molar refractivity (Wildman–Crippen MR) is 139 cm³/mol. The molecule has 0 saturated carbocycles. The first-order valence-electron chi connectivity index (χ1n) is 12.7. The number of nitrogens with zero attached hydrogens (tertiary/aromatic N) is 3. The minimum absolute atomic E-state index is 0.130. The summed E-state index contributed by atoms with van der Waals surface area (Å²) in [5.41, 5.74) is 8.24. The van der Waals surface area contributed by atoms with Crippen LogP contribution >= 0.6 is 0 Å². The Balaban J connectivity index is 1.40. The van der Waals surface area contributed by atoms with Crippen LogP contribution in [0.3, 0.4) is 0 Å². The van der Waals surface area contributed by atoms with Crippen LogP contribution in [0.1, 0.15) is 41.6 Å². The second kappa shape index (κ2) is 13.1. The molecule has 1 aromatic heterocycles. The van der Waals surface area contributed by atoms with Crippen molar-refractivity contribution >= 4 is 29.3 Å². The number of carbonyl (C=O) groups is 2. The number of ether oxygens (including phenoxy) is 1. The number of morpholine rings is 1. The molecule has 194 valence electrons. The van der Waals surface area contributed by atoms with Gasteiger partial charge in [-0.15, -0.1) is 0 Å². The number of hydrogen-bond acceptors (Lipinski definition) is 9. The maximum Gasteiger partial charge on any atom is 0.260 e. The minimum atomic E-state index is -0.551. The molecule has 2 bridgehead atoms. The van der Waals surface area contributed by atoms with E-state index in [-0.39, 0.29) is 11.8 Å². The third-order valence-corrected chi connectivity index (χ3v) is 6.26. The number of nitrogens with one attached hydrogen (secondary N) is 4. The van der Waals surface area contributed by atoms with Gasteiger partial charge in [0.15, 0.2) is 0 Å². The highest BCUT2D eigenvalue weighted by atomic mass is 16.5. The summed E-state index contributed by atoms with van der Waals surface area (Å²) in [6.45, 7) is 6.02. The van der Waals surface area contributed by atoms with Gasteiger partial charge in [-0.05, 0) is 43.4 Å². The normalized spacial score (nSPS) is 20.1. The third kappa shape index (κ3) is 7.61. The molecule has 11 nitrogen and oxygen atoms in total. The molecule has 2 aromatic rings. The largest absolute Gasteiger partial charge is 0.379 e. The molecule has 3 heterocycles. The Bertz CT molecular complexity index is 1010. The van der Waals surface area contributed by atoms with Gasteiger partial charge in [0.2, 0.25) is 11.9 Å². The van der Waals surface area contributed by atoms with E-state index in [1.807, 2.05) is 24.3 Å². The average molecular weight is 497 g/mol. The van der Waals surface area contributed by atoms with Crippen LogP contribution in [-0.2, 0) is 16.1 Å². The fourth-order valence-electron chi connectivity index (χ4n) is 4.13. The molecule has 0 spiro atoms. The summed E-state index contributed by atoms with van der Waals surface area (Å²) >= 11 is 0. The number of rotatable bonds is 4. The molecular weight excluding hydrogens is 460 g/mol. The van der Waals surface area contributed by atoms with Crippen LogP contribution in [0, 0.1) is 0 Å². The topological polar surface area (TPSA) is 147 Å². The predicted octanol–water partition coefficient (Wildman–Crippen LogP) is 1.40. The summed E-state index contributed by atoms with van der Waals surface area (Å²) in [6, 6.07) is 7.32. The summed E-state index contributed by atoms with van der Waals surface area (Å²) in [5, 5.41) is 12.2. The van der Waals surface area contributed by atoms with Gasteiger partial charge >= 0.3 is 0 Å². The maximum atomic E-state index is 13.1. The molecule has 6 N–H and O–H groups in total. The maximum absolute atomic E-state index is 13.1. The number of amides is 2. The lowest BCUT2D eigenvalue weighted by Gasteiger charge is -2.26. The molecule has 0 aliphatic carbocycles. The highest BCUT2D eigenvalue weighted by Gasteiger charge is 2.17. The number of nitrogens with two attached hydrogens (primary N) is 1. The van der Waals surface area contributed by atoms with Gasteiger partial charge in [-0.1, -0.05) is 12.1 Å². The van der Waals surface area contributed by atoms with E-state index in [9.17, 15) is 9.59 Å². The first-order chi connectivity index (χ1) is 17.6. The van der Waals surface area contributed by atoms with Crippen molar-refractivity contribution in [1.82, 2.24) is 20.2 Å². The van der Waals surface area contributed by atoms with E-state index in [1.165, 1.54) is 11.8 Å². The number of hydrogen-bond donors (Lipinski definition) is 5. The highest BCUT2D eigenvalue weighted by molar-refractivity contribution is 6.07. The molecule has 36 heavy (non-hydrogen) atoms. The lowest BCUT2D eigenvalue weighted by atomic mass is 10.1. The van der Waals surface area contributed by atoms with Gasteiger partial charge in [-0.25, -0.2) is 4.98 Å². The van der Waals surface area contributed by atoms with Crippen molar-refractivity contribution in [3.63, 3.8) is 0 Å². The van der Waals surface area contributed by atoms with Crippen molar-refractivity contribution in [2.45, 2.75) is 38.3 Å². The molecular formula is C25H36N8O3. The molecule has 0 radical (unpaired) electrons. The quantitative estimate of drug-likeness (QED) is 0.424. The van der Waals surface area contributed by atoms with Crippen molar-refractivity contribution in [2.75, 3.05) is 61.9 Å². The standard InChI is InChI=1S/C25H36N8O3/c26-21-4-3-11-27-22-20(16-30-25(32-22)29-10-2-1-9-28-24(21)35)23(34)31-19-7-5-18(6-8-19)17-33-12-14-36-15-13-33/h5-8,16,21H,1-4,9-15,17,26H2,(H,28,35)(H,31,34)(H2,27,29,30,32). The van der Waals surface area contributed by atoms with E-state index in [0.29, 0.717) is 55.5 Å². The zero-order valence-electron chi connectivity index (χ0n) is 20.6. The van der Waals surface area contributed by atoms with Crippen LogP contribution in [-0.4, -0.2) is 78.7 Å². The molecule has 1 fully saturated rings. The van der Waals surface area contributed by atoms with Gasteiger partial charge in [-0.3, -0.25) is 14.5 Å². The van der Waals surface area contributed by atoms with E-state index >= 15 is 0 Å². The van der Waals surface area contributed by atoms with Crippen molar-refractivity contribution in [2.24, 2.45) is 5.73 Å². The summed E-state index contributed by atoms with van der Waals surface area (Å²) in [4.78, 5) is 36.4. The summed E-state index contributed by atoms with van der Waals surface area (Å²) < 4.78 is 5.41. The number of carbonyl (C=O) groups excluding carboxylic acids is 2. The van der Waals surface area contributed by atoms with Crippen LogP contribution in [0.4, 0.5) is 17.5 Å². The zero-order valence-corrected chi connectivity index (χ0v) is 20.6. The van der Waals surface area contributed by atoms with E-state index in [1.54, 1.807) is 0 Å². The van der Waals surface area contributed by atoms with Gasteiger partial charge < -0.3 is 31.7 Å². The number of benzene rings is 1. The van der Waals surface area contributed by atoms with Crippen LogP contribution in [0.15, 0.2) is 30.5 Å². The fourth-order valence-corrected chi connectivity index (χ4v) is 4.13. The Morgan fingerprint density at radius 3 is 2.56 bits per heavy atom. The SMILES string of the molecule is NC1CCCNc2nc(ncc2C(=O)Nc2ccc(CN3CCOCC3)cc2)NCCCCNC1=O. The first-order valence-corrected chi connectivity index (χ1v) is 12.7. The van der Waals surface area contributed by atoms with E-state index in [2.05, 4.69) is 36.1 Å². The highest BCUT2D eigenvalue weighted by Crippen LogP contribution is 2.18. The van der Waals surface area contributed by atoms with Gasteiger partial charge in [0, 0.05) is 51.2 Å². The number of anilines is 3. The van der Waals surface area contributed by atoms with E-state index in [4.69, 9.17) is 10.5 Å². The molecule has 4 rings (SSSR count). The monoisotopic (exact) mass is 496 g/mol. The van der Waals surface area contributed by atoms with Crippen LogP contribution < -0.4 is 27.0 Å². The third-order valence-electron chi connectivity index (χ3n) is 6.26. The zero-order chi connectivity index (χ0) is 25.2. The molecule has 2 aliphatic rings. The molecule has 1 aromatic carbocycles. The van der Waals surface area contributed by atoms with Crippen molar-refractivity contribution in [1.29, 1.82) is 0 Å². The summed E-state index contributed by atoms with van der Waals surface area (Å²) in [7, 11) is 0. The Hall–Kier alpha value is -3.28. The van der Waals surface area contributed by atoms with Crippen molar-refractivity contribution in [3.05, 3.63) is 41.6 Å². The Kier molecular flexibility index (Phi) is 9.42.